The average molecular weight is 311 g/mol. The van der Waals surface area contributed by atoms with Crippen molar-refractivity contribution in [2.75, 3.05) is 0 Å². The predicted octanol–water partition coefficient (Wildman–Crippen LogP) is 6.06. The van der Waals surface area contributed by atoms with Gasteiger partial charge in [-0.05, 0) is 85.2 Å². The number of hydrogen-bond donors (Lipinski definition) is 0. The Morgan fingerprint density at radius 2 is 1.55 bits per heavy atom. The second kappa shape index (κ2) is 5.01. The molecule has 20 heavy (non-hydrogen) atoms. The van der Waals surface area contributed by atoms with Crippen molar-refractivity contribution in [2.45, 2.75) is 76.4 Å². The van der Waals surface area contributed by atoms with Crippen LogP contribution in [0, 0.1) is 35.5 Å². The molecule has 7 atom stereocenters. The molecule has 4 aliphatic carbocycles. The maximum Gasteiger partial charge on any atom is 0.159 e. The van der Waals surface area contributed by atoms with Crippen LogP contribution in [0.5, 0.6) is 0 Å². The average Bonchev–Trinajstić information content (AvgIpc) is 3.23. The van der Waals surface area contributed by atoms with Gasteiger partial charge in [-0.25, -0.2) is 0 Å². The van der Waals surface area contributed by atoms with Crippen LogP contribution in [-0.2, 0) is 0 Å². The molecule has 4 bridgehead atoms. The van der Waals surface area contributed by atoms with Crippen LogP contribution < -0.4 is 0 Å². The summed E-state index contributed by atoms with van der Waals surface area (Å²) in [6.45, 7) is 4.79. The summed E-state index contributed by atoms with van der Waals surface area (Å²) in [7, 11) is -1.50. The molecule has 0 amide bonds. The van der Waals surface area contributed by atoms with Gasteiger partial charge in [-0.2, -0.15) is 11.1 Å². The lowest BCUT2D eigenvalue weighted by molar-refractivity contribution is 0.161. The van der Waals surface area contributed by atoms with Gasteiger partial charge in [0.2, 0.25) is 0 Å². The van der Waals surface area contributed by atoms with E-state index in [9.17, 15) is 0 Å². The third-order valence-electron chi connectivity index (χ3n) is 8.04. The first-order chi connectivity index (χ1) is 9.66. The van der Waals surface area contributed by atoms with Crippen LogP contribution in [0.25, 0.3) is 0 Å². The first kappa shape index (κ1) is 14.1. The fraction of sp³-hybridized carbons (Fsp3) is 1.00. The molecule has 0 spiro atoms. The number of halogens is 1. The first-order valence-corrected chi connectivity index (χ1v) is 12.9. The van der Waals surface area contributed by atoms with Gasteiger partial charge in [0.15, 0.2) is 7.38 Å². The van der Waals surface area contributed by atoms with Crippen LogP contribution in [0.3, 0.4) is 0 Å². The molecule has 0 heterocycles. The van der Waals surface area contributed by atoms with Gasteiger partial charge in [-0.15, -0.1) is 0 Å². The Morgan fingerprint density at radius 3 is 2.15 bits per heavy atom. The summed E-state index contributed by atoms with van der Waals surface area (Å²) in [5.74, 6) is 6.49. The molecule has 0 saturated heterocycles. The first-order valence-electron chi connectivity index (χ1n) is 9.35. The Bertz CT molecular complexity index is 378. The van der Waals surface area contributed by atoms with Gasteiger partial charge in [0.25, 0.3) is 0 Å². The van der Waals surface area contributed by atoms with Crippen molar-refractivity contribution in [3.63, 3.8) is 0 Å². The van der Waals surface area contributed by atoms with E-state index in [1.54, 1.807) is 38.5 Å². The van der Waals surface area contributed by atoms with Crippen LogP contribution in [0.2, 0.25) is 17.6 Å². The Morgan fingerprint density at radius 1 is 0.850 bits per heavy atom. The Kier molecular flexibility index (Phi) is 3.54. The minimum absolute atomic E-state index is 0.988. The maximum atomic E-state index is 7.32. The lowest BCUT2D eigenvalue weighted by atomic mass is 9.72. The van der Waals surface area contributed by atoms with E-state index in [0.717, 1.165) is 41.0 Å². The smallest absolute Gasteiger partial charge is 0.159 e. The largest absolute Gasteiger partial charge is 0.167 e. The monoisotopic (exact) mass is 310 g/mol. The SMILES string of the molecule is CC[Si](Cl)(CC)C1C2CCC(C2)C1C1CC2CCC1C2. The highest BCUT2D eigenvalue weighted by Gasteiger charge is 2.60. The Labute approximate surface area is 130 Å². The van der Waals surface area contributed by atoms with Crippen molar-refractivity contribution in [3.05, 3.63) is 0 Å². The quantitative estimate of drug-likeness (QED) is 0.437. The summed E-state index contributed by atoms with van der Waals surface area (Å²) in [6.07, 6.45) is 10.9. The molecule has 0 aliphatic heterocycles. The topological polar surface area (TPSA) is 0 Å². The molecule has 114 valence electrons. The molecule has 4 saturated carbocycles. The van der Waals surface area contributed by atoms with E-state index in [4.69, 9.17) is 11.1 Å². The van der Waals surface area contributed by atoms with Crippen LogP contribution in [0.1, 0.15) is 58.8 Å². The summed E-state index contributed by atoms with van der Waals surface area (Å²) >= 11 is 7.32. The minimum atomic E-state index is -1.50. The standard InChI is InChI=1S/C18H31ClSi/c1-3-20(19,4-2)18-15-8-7-14(11-15)17(18)16-10-12-5-6-13(16)9-12/h12-18H,3-11H2,1-2H3. The van der Waals surface area contributed by atoms with Gasteiger partial charge < -0.3 is 0 Å². The molecule has 0 N–H and O–H groups in total. The third kappa shape index (κ3) is 1.91. The van der Waals surface area contributed by atoms with E-state index >= 15 is 0 Å². The zero-order chi connectivity index (χ0) is 13.9. The predicted molar refractivity (Wildman–Crippen MR) is 89.6 cm³/mol. The van der Waals surface area contributed by atoms with Gasteiger partial charge in [0.1, 0.15) is 0 Å². The third-order valence-corrected chi connectivity index (χ3v) is 14.8. The van der Waals surface area contributed by atoms with Gasteiger partial charge >= 0.3 is 0 Å². The maximum absolute atomic E-state index is 7.32. The van der Waals surface area contributed by atoms with E-state index in [1.807, 2.05) is 0 Å². The number of rotatable bonds is 4. The zero-order valence-electron chi connectivity index (χ0n) is 13.3. The normalized spacial score (nSPS) is 50.2. The van der Waals surface area contributed by atoms with E-state index in [0.29, 0.717) is 0 Å². The highest BCUT2D eigenvalue weighted by atomic mass is 35.6. The molecular formula is C18H31ClSi. The van der Waals surface area contributed by atoms with Crippen LogP contribution in [0.15, 0.2) is 0 Å². The number of hydrogen-bond acceptors (Lipinski definition) is 0. The molecule has 0 aromatic heterocycles. The zero-order valence-corrected chi connectivity index (χ0v) is 15.0. The molecule has 0 aromatic carbocycles. The van der Waals surface area contributed by atoms with Gasteiger partial charge in [-0.3, -0.25) is 0 Å². The van der Waals surface area contributed by atoms with Gasteiger partial charge in [0.05, 0.1) is 0 Å². The molecule has 0 aromatic rings. The van der Waals surface area contributed by atoms with Crippen LogP contribution in [-0.4, -0.2) is 7.38 Å². The lowest BCUT2D eigenvalue weighted by Gasteiger charge is -2.45. The van der Waals surface area contributed by atoms with E-state index in [-0.39, 0.29) is 0 Å². The minimum Gasteiger partial charge on any atom is -0.167 e. The van der Waals surface area contributed by atoms with Crippen LogP contribution in [0.4, 0.5) is 0 Å². The van der Waals surface area contributed by atoms with E-state index in [1.165, 1.54) is 18.5 Å². The molecule has 0 radical (unpaired) electrons. The number of fused-ring (bicyclic) bond motifs is 4. The Balaban J connectivity index is 1.63. The van der Waals surface area contributed by atoms with Gasteiger partial charge in [-0.1, -0.05) is 26.7 Å². The molecule has 7 unspecified atom stereocenters. The fourth-order valence-electron chi connectivity index (χ4n) is 7.21. The van der Waals surface area contributed by atoms with Crippen LogP contribution >= 0.6 is 11.1 Å². The summed E-state index contributed by atoms with van der Waals surface area (Å²) in [4.78, 5) is 0. The molecule has 4 rings (SSSR count). The molecule has 0 nitrogen and oxygen atoms in total. The molecule has 4 aliphatic rings. The van der Waals surface area contributed by atoms with Crippen molar-refractivity contribution in [3.8, 4) is 0 Å². The molecular weight excluding hydrogens is 280 g/mol. The highest BCUT2D eigenvalue weighted by Crippen LogP contribution is 2.67. The summed E-state index contributed by atoms with van der Waals surface area (Å²) in [5.41, 5.74) is 0.988. The van der Waals surface area contributed by atoms with Crippen molar-refractivity contribution < 1.29 is 0 Å². The summed E-state index contributed by atoms with van der Waals surface area (Å²) in [5, 5.41) is 0. The second-order valence-corrected chi connectivity index (χ2v) is 14.9. The van der Waals surface area contributed by atoms with Gasteiger partial charge in [0, 0.05) is 0 Å². The van der Waals surface area contributed by atoms with Crippen molar-refractivity contribution in [1.82, 2.24) is 0 Å². The van der Waals surface area contributed by atoms with Crippen molar-refractivity contribution >= 4 is 18.5 Å². The molecule has 2 heteroatoms. The highest BCUT2D eigenvalue weighted by molar-refractivity contribution is 7.21. The van der Waals surface area contributed by atoms with Crippen molar-refractivity contribution in [1.29, 1.82) is 0 Å². The van der Waals surface area contributed by atoms with E-state index in [2.05, 4.69) is 13.8 Å². The second-order valence-electron chi connectivity index (χ2n) is 8.52. The summed E-state index contributed by atoms with van der Waals surface area (Å²) < 4.78 is 0. The molecule has 4 fully saturated rings. The van der Waals surface area contributed by atoms with E-state index < -0.39 is 7.38 Å². The fourth-order valence-corrected chi connectivity index (χ4v) is 12.0. The summed E-state index contributed by atoms with van der Waals surface area (Å²) in [6, 6.07) is 2.63. The van der Waals surface area contributed by atoms with Crippen molar-refractivity contribution in [2.24, 2.45) is 35.5 Å². The Hall–Kier alpha value is 0.507. The lowest BCUT2D eigenvalue weighted by Crippen LogP contribution is -2.43.